The maximum absolute atomic E-state index is 12.7. The molecule has 1 aromatic carbocycles. The molecule has 1 aromatic rings. The first kappa shape index (κ1) is 16.5. The standard InChI is InChI=1S/C16H24N2O4S/c1-21-15-7-6-12(11-16(15)22-2)23(19,20)17-13-8-10-18-9-4-3-5-14(13)18/h6-7,11,13-14,17H,3-5,8-10H2,1-2H3/t13-,14+/m0/s1. The smallest absolute Gasteiger partial charge is 0.241 e. The van der Waals surface area contributed by atoms with Crippen molar-refractivity contribution in [3.63, 3.8) is 0 Å². The van der Waals surface area contributed by atoms with E-state index in [1.54, 1.807) is 12.1 Å². The predicted octanol–water partition coefficient (Wildman–Crippen LogP) is 1.61. The van der Waals surface area contributed by atoms with E-state index in [1.807, 2.05) is 0 Å². The van der Waals surface area contributed by atoms with Gasteiger partial charge in [-0.1, -0.05) is 6.42 Å². The van der Waals surface area contributed by atoms with E-state index in [-0.39, 0.29) is 10.9 Å². The Morgan fingerprint density at radius 3 is 2.61 bits per heavy atom. The summed E-state index contributed by atoms with van der Waals surface area (Å²) in [6.07, 6.45) is 4.33. The number of ether oxygens (including phenoxy) is 2. The third-order valence-corrected chi connectivity index (χ3v) is 6.32. The van der Waals surface area contributed by atoms with Crippen LogP contribution in [0.3, 0.4) is 0 Å². The molecule has 6 nitrogen and oxygen atoms in total. The third kappa shape index (κ3) is 3.32. The summed E-state index contributed by atoms with van der Waals surface area (Å²) in [5, 5.41) is 0. The van der Waals surface area contributed by atoms with Crippen LogP contribution in [0.4, 0.5) is 0 Å². The van der Waals surface area contributed by atoms with Gasteiger partial charge in [0.25, 0.3) is 0 Å². The van der Waals surface area contributed by atoms with Crippen LogP contribution in [0.15, 0.2) is 23.1 Å². The Balaban J connectivity index is 1.79. The molecule has 2 saturated heterocycles. The molecule has 1 N–H and O–H groups in total. The van der Waals surface area contributed by atoms with E-state index < -0.39 is 10.0 Å². The molecule has 128 valence electrons. The highest BCUT2D eigenvalue weighted by Crippen LogP contribution is 2.31. The van der Waals surface area contributed by atoms with Crippen LogP contribution in [0.2, 0.25) is 0 Å². The maximum atomic E-state index is 12.7. The normalized spacial score (nSPS) is 25.1. The van der Waals surface area contributed by atoms with Crippen LogP contribution in [0, 0.1) is 0 Å². The second kappa shape index (κ2) is 6.67. The van der Waals surface area contributed by atoms with Gasteiger partial charge < -0.3 is 9.47 Å². The van der Waals surface area contributed by atoms with Crippen LogP contribution >= 0.6 is 0 Å². The molecule has 2 aliphatic heterocycles. The topological polar surface area (TPSA) is 67.9 Å². The lowest BCUT2D eigenvalue weighted by Crippen LogP contribution is -2.46. The number of rotatable bonds is 5. The van der Waals surface area contributed by atoms with Crippen LogP contribution in [0.1, 0.15) is 25.7 Å². The van der Waals surface area contributed by atoms with Crippen LogP contribution in [0.25, 0.3) is 0 Å². The Bertz CT molecular complexity index is 662. The molecule has 0 aliphatic carbocycles. The molecule has 7 heteroatoms. The fourth-order valence-electron chi connectivity index (χ4n) is 3.64. The van der Waals surface area contributed by atoms with Crippen molar-refractivity contribution in [2.45, 2.75) is 42.7 Å². The van der Waals surface area contributed by atoms with Crippen molar-refractivity contribution in [3.05, 3.63) is 18.2 Å². The van der Waals surface area contributed by atoms with E-state index in [0.717, 1.165) is 25.9 Å². The molecule has 0 bridgehead atoms. The van der Waals surface area contributed by atoms with E-state index in [0.29, 0.717) is 17.5 Å². The number of nitrogens with one attached hydrogen (secondary N) is 1. The fraction of sp³-hybridized carbons (Fsp3) is 0.625. The lowest BCUT2D eigenvalue weighted by Gasteiger charge is -2.32. The van der Waals surface area contributed by atoms with Gasteiger partial charge in [-0.3, -0.25) is 4.90 Å². The minimum absolute atomic E-state index is 0.00611. The van der Waals surface area contributed by atoms with Crippen molar-refractivity contribution >= 4 is 10.0 Å². The lowest BCUT2D eigenvalue weighted by atomic mass is 10.00. The molecule has 0 aromatic heterocycles. The van der Waals surface area contributed by atoms with Crippen molar-refractivity contribution in [1.29, 1.82) is 0 Å². The Labute approximate surface area is 137 Å². The first-order valence-electron chi connectivity index (χ1n) is 8.03. The van der Waals surface area contributed by atoms with Crippen molar-refractivity contribution in [1.82, 2.24) is 9.62 Å². The highest BCUT2D eigenvalue weighted by atomic mass is 32.2. The zero-order valence-corrected chi connectivity index (χ0v) is 14.4. The van der Waals surface area contributed by atoms with Gasteiger partial charge in [-0.05, 0) is 37.9 Å². The van der Waals surface area contributed by atoms with E-state index >= 15 is 0 Å². The zero-order valence-electron chi connectivity index (χ0n) is 13.6. The second-order valence-electron chi connectivity index (χ2n) is 6.13. The largest absolute Gasteiger partial charge is 0.493 e. The molecular formula is C16H24N2O4S. The van der Waals surface area contributed by atoms with Gasteiger partial charge in [-0.25, -0.2) is 13.1 Å². The number of fused-ring (bicyclic) bond motifs is 1. The number of hydrogen-bond donors (Lipinski definition) is 1. The number of nitrogens with zero attached hydrogens (tertiary/aromatic N) is 1. The SMILES string of the molecule is COc1ccc(S(=O)(=O)N[C@H]2CCN3CCCC[C@H]23)cc1OC. The third-order valence-electron chi connectivity index (χ3n) is 4.83. The summed E-state index contributed by atoms with van der Waals surface area (Å²) in [4.78, 5) is 2.62. The summed E-state index contributed by atoms with van der Waals surface area (Å²) in [5.41, 5.74) is 0. The molecular weight excluding hydrogens is 316 g/mol. The number of hydrogen-bond acceptors (Lipinski definition) is 5. The fourth-order valence-corrected chi connectivity index (χ4v) is 4.95. The number of benzene rings is 1. The number of methoxy groups -OCH3 is 2. The first-order chi connectivity index (χ1) is 11.0. The molecule has 3 rings (SSSR count). The van der Waals surface area contributed by atoms with Gasteiger partial charge in [0.1, 0.15) is 0 Å². The Hall–Kier alpha value is -1.31. The Morgan fingerprint density at radius 2 is 1.87 bits per heavy atom. The average Bonchev–Trinajstić information content (AvgIpc) is 2.96. The van der Waals surface area contributed by atoms with Gasteiger partial charge in [-0.15, -0.1) is 0 Å². The quantitative estimate of drug-likeness (QED) is 0.882. The molecule has 0 saturated carbocycles. The van der Waals surface area contributed by atoms with Gasteiger partial charge in [0.05, 0.1) is 19.1 Å². The first-order valence-corrected chi connectivity index (χ1v) is 9.52. The summed E-state index contributed by atoms with van der Waals surface area (Å²) in [6.45, 7) is 2.06. The van der Waals surface area contributed by atoms with E-state index in [1.165, 1.54) is 33.1 Å². The summed E-state index contributed by atoms with van der Waals surface area (Å²) < 4.78 is 38.7. The van der Waals surface area contributed by atoms with Crippen molar-refractivity contribution in [2.75, 3.05) is 27.3 Å². The molecule has 23 heavy (non-hydrogen) atoms. The highest BCUT2D eigenvalue weighted by Gasteiger charge is 2.37. The summed E-state index contributed by atoms with van der Waals surface area (Å²) in [5.74, 6) is 0.937. The average molecular weight is 340 g/mol. The van der Waals surface area contributed by atoms with Crippen LogP contribution in [0.5, 0.6) is 11.5 Å². The number of piperidine rings is 1. The molecule has 2 heterocycles. The Morgan fingerprint density at radius 1 is 1.09 bits per heavy atom. The van der Waals surface area contributed by atoms with Crippen molar-refractivity contribution in [3.8, 4) is 11.5 Å². The number of sulfonamides is 1. The van der Waals surface area contributed by atoms with E-state index in [9.17, 15) is 8.42 Å². The van der Waals surface area contributed by atoms with Gasteiger partial charge in [0.15, 0.2) is 11.5 Å². The zero-order chi connectivity index (χ0) is 16.4. The van der Waals surface area contributed by atoms with Crippen molar-refractivity contribution < 1.29 is 17.9 Å². The maximum Gasteiger partial charge on any atom is 0.241 e. The molecule has 0 amide bonds. The molecule has 2 aliphatic rings. The molecule has 0 radical (unpaired) electrons. The minimum atomic E-state index is -3.56. The van der Waals surface area contributed by atoms with Crippen molar-refractivity contribution in [2.24, 2.45) is 0 Å². The summed E-state index contributed by atoms with van der Waals surface area (Å²) in [7, 11) is -0.537. The summed E-state index contributed by atoms with van der Waals surface area (Å²) >= 11 is 0. The molecule has 2 fully saturated rings. The van der Waals surface area contributed by atoms with Crippen LogP contribution < -0.4 is 14.2 Å². The van der Waals surface area contributed by atoms with E-state index in [2.05, 4.69) is 9.62 Å². The van der Waals surface area contributed by atoms with Crippen LogP contribution in [-0.2, 0) is 10.0 Å². The monoisotopic (exact) mass is 340 g/mol. The lowest BCUT2D eigenvalue weighted by molar-refractivity contribution is 0.186. The predicted molar refractivity (Wildman–Crippen MR) is 87.5 cm³/mol. The van der Waals surface area contributed by atoms with Gasteiger partial charge in [0, 0.05) is 24.7 Å². The second-order valence-corrected chi connectivity index (χ2v) is 7.85. The highest BCUT2D eigenvalue weighted by molar-refractivity contribution is 7.89. The van der Waals surface area contributed by atoms with Gasteiger partial charge >= 0.3 is 0 Å². The molecule has 2 atom stereocenters. The van der Waals surface area contributed by atoms with Gasteiger partial charge in [0.2, 0.25) is 10.0 Å². The minimum Gasteiger partial charge on any atom is -0.493 e. The Kier molecular flexibility index (Phi) is 4.79. The van der Waals surface area contributed by atoms with Crippen LogP contribution in [-0.4, -0.2) is 52.7 Å². The summed E-state index contributed by atoms with van der Waals surface area (Å²) in [6, 6.07) is 5.01. The molecule has 0 spiro atoms. The molecule has 0 unspecified atom stereocenters. The van der Waals surface area contributed by atoms with Gasteiger partial charge in [-0.2, -0.15) is 0 Å². The van der Waals surface area contributed by atoms with E-state index in [4.69, 9.17) is 9.47 Å².